The summed E-state index contributed by atoms with van der Waals surface area (Å²) in [7, 11) is 1.61. The van der Waals surface area contributed by atoms with Crippen molar-refractivity contribution in [3.8, 4) is 5.69 Å². The molecule has 6 nitrogen and oxygen atoms in total. The molecule has 3 rings (SSSR count). The fourth-order valence-electron chi connectivity index (χ4n) is 2.23. The fraction of sp³-hybridized carbons (Fsp3) is 0.154. The number of nitrogens with zero attached hydrogens (tertiary/aromatic N) is 3. The number of alkyl halides is 3. The summed E-state index contributed by atoms with van der Waals surface area (Å²) in [5, 5.41) is 4.81. The van der Waals surface area contributed by atoms with Crippen molar-refractivity contribution >= 4 is 52.1 Å². The molecule has 0 fully saturated rings. The maximum absolute atomic E-state index is 12.6. The number of nitrogens with one attached hydrogen (secondary N) is 1. The van der Waals surface area contributed by atoms with Gasteiger partial charge in [0.05, 0.1) is 11.2 Å². The number of fused-ring (bicyclic) bond motifs is 1. The van der Waals surface area contributed by atoms with Crippen molar-refractivity contribution in [3.63, 3.8) is 0 Å². The Kier molecular flexibility index (Phi) is 5.01. The molecule has 2 heterocycles. The van der Waals surface area contributed by atoms with Crippen LogP contribution in [0.3, 0.4) is 0 Å². The topological polar surface area (TPSA) is 72.7 Å². The van der Waals surface area contributed by atoms with Crippen LogP contribution in [0.15, 0.2) is 33.9 Å². The Bertz CT molecular complexity index is 1010. The Morgan fingerprint density at radius 1 is 1.21 bits per heavy atom. The van der Waals surface area contributed by atoms with Crippen LogP contribution in [-0.4, -0.2) is 48.9 Å². The molecule has 1 aromatic carbocycles. The molecule has 122 valence electrons. The Hall–Kier alpha value is -1.55. The van der Waals surface area contributed by atoms with Gasteiger partial charge in [-0.05, 0) is 18.2 Å². The van der Waals surface area contributed by atoms with Crippen molar-refractivity contribution in [2.45, 2.75) is 6.18 Å². The zero-order valence-electron chi connectivity index (χ0n) is 11.5. The summed E-state index contributed by atoms with van der Waals surface area (Å²) in [6.45, 7) is 0. The van der Waals surface area contributed by atoms with Gasteiger partial charge < -0.3 is 4.98 Å². The van der Waals surface area contributed by atoms with Gasteiger partial charge in [0, 0.05) is 18.5 Å². The third-order valence-electron chi connectivity index (χ3n) is 3.29. The third kappa shape index (κ3) is 3.16. The van der Waals surface area contributed by atoms with Crippen LogP contribution in [0.4, 0.5) is 13.2 Å². The van der Waals surface area contributed by atoms with Crippen LogP contribution in [0.25, 0.3) is 16.6 Å². The molecular formula is C13H9ClF3N4NaO2. The minimum absolute atomic E-state index is 0. The van der Waals surface area contributed by atoms with Gasteiger partial charge in [0.15, 0.2) is 5.15 Å². The first kappa shape index (κ1) is 18.8. The van der Waals surface area contributed by atoms with E-state index in [1.807, 2.05) is 0 Å². The van der Waals surface area contributed by atoms with Crippen molar-refractivity contribution < 1.29 is 13.2 Å². The molecule has 0 atom stereocenters. The Morgan fingerprint density at radius 3 is 2.46 bits per heavy atom. The van der Waals surface area contributed by atoms with Crippen molar-refractivity contribution in [2.24, 2.45) is 7.05 Å². The van der Waals surface area contributed by atoms with Gasteiger partial charge in [0.25, 0.3) is 5.56 Å². The van der Waals surface area contributed by atoms with Gasteiger partial charge in [0.2, 0.25) is 0 Å². The molecule has 0 spiro atoms. The molecule has 1 N–H and O–H groups in total. The quantitative estimate of drug-likeness (QED) is 0.661. The predicted octanol–water partition coefficient (Wildman–Crippen LogP) is 1.44. The third-order valence-corrected chi connectivity index (χ3v) is 3.57. The predicted molar refractivity (Wildman–Crippen MR) is 84.1 cm³/mol. The second-order valence-electron chi connectivity index (χ2n) is 4.78. The van der Waals surface area contributed by atoms with Gasteiger partial charge in [0.1, 0.15) is 5.69 Å². The number of hydrogen-bond donors (Lipinski definition) is 1. The summed E-state index contributed by atoms with van der Waals surface area (Å²) in [6.07, 6.45) is -4.81. The van der Waals surface area contributed by atoms with Crippen LogP contribution in [-0.2, 0) is 13.2 Å². The molecule has 2 aromatic heterocycles. The van der Waals surface area contributed by atoms with Crippen LogP contribution in [0.1, 0.15) is 5.69 Å². The molecule has 0 bridgehead atoms. The first-order valence-corrected chi connectivity index (χ1v) is 6.62. The molecular weight excluding hydrogens is 360 g/mol. The molecule has 0 aliphatic rings. The van der Waals surface area contributed by atoms with E-state index in [0.717, 1.165) is 0 Å². The molecule has 3 aromatic rings. The van der Waals surface area contributed by atoms with E-state index in [4.69, 9.17) is 11.6 Å². The molecule has 0 radical (unpaired) electrons. The molecule has 0 saturated carbocycles. The standard InChI is InChI=1S/C13H8ClF3N4O2.Na.H/c1-20-8-4-6(2-3-7(8)11(14)19-20)21-10(22)5-9(13(15,16)17)18-12(21)23;;/h2-5H,1H3,(H,18,23);;. The van der Waals surface area contributed by atoms with Gasteiger partial charge >= 0.3 is 41.4 Å². The molecule has 0 amide bonds. The van der Waals surface area contributed by atoms with Crippen molar-refractivity contribution in [1.29, 1.82) is 0 Å². The van der Waals surface area contributed by atoms with E-state index >= 15 is 0 Å². The molecule has 11 heteroatoms. The second kappa shape index (κ2) is 6.40. The van der Waals surface area contributed by atoms with Crippen LogP contribution >= 0.6 is 11.6 Å². The summed E-state index contributed by atoms with van der Waals surface area (Å²) in [4.78, 5) is 25.5. The summed E-state index contributed by atoms with van der Waals surface area (Å²) in [5.41, 5.74) is -3.03. The Balaban J connectivity index is 0.00000208. The van der Waals surface area contributed by atoms with Gasteiger partial charge in [-0.15, -0.1) is 0 Å². The normalized spacial score (nSPS) is 11.5. The molecule has 0 unspecified atom stereocenters. The number of H-pyrrole nitrogens is 1. The van der Waals surface area contributed by atoms with E-state index in [0.29, 0.717) is 21.5 Å². The molecule has 24 heavy (non-hydrogen) atoms. The van der Waals surface area contributed by atoms with Gasteiger partial charge in [-0.3, -0.25) is 9.48 Å². The Morgan fingerprint density at radius 2 is 1.88 bits per heavy atom. The first-order valence-electron chi connectivity index (χ1n) is 6.24. The molecule has 0 aliphatic heterocycles. The van der Waals surface area contributed by atoms with E-state index in [9.17, 15) is 22.8 Å². The minimum atomic E-state index is -4.81. The summed E-state index contributed by atoms with van der Waals surface area (Å²) >= 11 is 5.92. The molecule has 0 aliphatic carbocycles. The number of hydrogen-bond acceptors (Lipinski definition) is 3. The zero-order chi connectivity index (χ0) is 16.9. The van der Waals surface area contributed by atoms with Crippen molar-refractivity contribution in [3.05, 3.63) is 56.0 Å². The maximum atomic E-state index is 12.6. The number of rotatable bonds is 1. The monoisotopic (exact) mass is 368 g/mol. The number of aryl methyl sites for hydroxylation is 1. The summed E-state index contributed by atoms with van der Waals surface area (Å²) in [5.74, 6) is 0. The number of aromatic nitrogens is 4. The molecule has 0 saturated heterocycles. The average molecular weight is 369 g/mol. The average Bonchev–Trinajstić information content (AvgIpc) is 2.72. The fourth-order valence-corrected chi connectivity index (χ4v) is 2.51. The number of aromatic amines is 1. The van der Waals surface area contributed by atoms with E-state index in [1.54, 1.807) is 12.0 Å². The Labute approximate surface area is 159 Å². The summed E-state index contributed by atoms with van der Waals surface area (Å²) < 4.78 is 39.8. The van der Waals surface area contributed by atoms with Crippen LogP contribution < -0.4 is 11.2 Å². The van der Waals surface area contributed by atoms with E-state index < -0.39 is 23.1 Å². The van der Waals surface area contributed by atoms with E-state index in [1.165, 1.54) is 22.9 Å². The summed E-state index contributed by atoms with van der Waals surface area (Å²) in [6, 6.07) is 4.71. The SMILES string of the molecule is Cn1nc(Cl)c2ccc(-n3c(=O)cc(C(F)(F)F)[nH]c3=O)cc21.[NaH]. The van der Waals surface area contributed by atoms with Gasteiger partial charge in [-0.25, -0.2) is 9.36 Å². The van der Waals surface area contributed by atoms with Crippen molar-refractivity contribution in [1.82, 2.24) is 19.3 Å². The van der Waals surface area contributed by atoms with Crippen LogP contribution in [0.5, 0.6) is 0 Å². The van der Waals surface area contributed by atoms with E-state index in [-0.39, 0.29) is 40.4 Å². The van der Waals surface area contributed by atoms with Crippen LogP contribution in [0, 0.1) is 0 Å². The number of benzene rings is 1. The zero-order valence-corrected chi connectivity index (χ0v) is 12.2. The number of halogens is 4. The van der Waals surface area contributed by atoms with Crippen molar-refractivity contribution in [2.75, 3.05) is 0 Å². The van der Waals surface area contributed by atoms with Crippen LogP contribution in [0.2, 0.25) is 5.15 Å². The second-order valence-corrected chi connectivity index (χ2v) is 5.13. The first-order chi connectivity index (χ1) is 10.7. The van der Waals surface area contributed by atoms with Gasteiger partial charge in [-0.2, -0.15) is 18.3 Å². The van der Waals surface area contributed by atoms with Gasteiger partial charge in [-0.1, -0.05) is 11.6 Å². The van der Waals surface area contributed by atoms with E-state index in [2.05, 4.69) is 5.10 Å².